The van der Waals surface area contributed by atoms with Crippen LogP contribution < -0.4 is 5.32 Å². The standard InChI is InChI=1S/C16H18N2O/c1-3-4-13-5-7-14(8-6-13)16(19)18-15-9-10-17-12(2)11-15/h5-11H,3-4H2,1-2H3,(H,17,18,19). The Labute approximate surface area is 113 Å². The van der Waals surface area contributed by atoms with Gasteiger partial charge in [0.15, 0.2) is 0 Å². The number of pyridine rings is 1. The van der Waals surface area contributed by atoms with Crippen LogP contribution in [0.1, 0.15) is 35.0 Å². The molecule has 1 aromatic heterocycles. The van der Waals surface area contributed by atoms with Crippen molar-refractivity contribution >= 4 is 11.6 Å². The molecule has 2 aromatic rings. The normalized spacial score (nSPS) is 10.2. The van der Waals surface area contributed by atoms with E-state index in [1.54, 1.807) is 12.3 Å². The number of anilines is 1. The third kappa shape index (κ3) is 3.65. The van der Waals surface area contributed by atoms with Crippen LogP contribution in [0, 0.1) is 6.92 Å². The summed E-state index contributed by atoms with van der Waals surface area (Å²) in [5, 5.41) is 2.87. The predicted octanol–water partition coefficient (Wildman–Crippen LogP) is 3.59. The third-order valence-electron chi connectivity index (χ3n) is 2.91. The zero-order valence-corrected chi connectivity index (χ0v) is 11.3. The topological polar surface area (TPSA) is 42.0 Å². The first-order valence-corrected chi connectivity index (χ1v) is 6.52. The largest absolute Gasteiger partial charge is 0.322 e. The molecule has 0 aliphatic heterocycles. The highest BCUT2D eigenvalue weighted by atomic mass is 16.1. The van der Waals surface area contributed by atoms with E-state index in [0.717, 1.165) is 24.2 Å². The summed E-state index contributed by atoms with van der Waals surface area (Å²) in [7, 11) is 0. The molecule has 2 rings (SSSR count). The number of carbonyl (C=O) groups excluding carboxylic acids is 1. The molecule has 0 aliphatic rings. The van der Waals surface area contributed by atoms with Crippen LogP contribution in [-0.2, 0) is 6.42 Å². The summed E-state index contributed by atoms with van der Waals surface area (Å²) >= 11 is 0. The SMILES string of the molecule is CCCc1ccc(C(=O)Nc2ccnc(C)c2)cc1. The number of nitrogens with zero attached hydrogens (tertiary/aromatic N) is 1. The van der Waals surface area contributed by atoms with Crippen molar-refractivity contribution in [1.82, 2.24) is 4.98 Å². The van der Waals surface area contributed by atoms with Gasteiger partial charge in [-0.15, -0.1) is 0 Å². The van der Waals surface area contributed by atoms with E-state index < -0.39 is 0 Å². The summed E-state index contributed by atoms with van der Waals surface area (Å²) in [5.74, 6) is -0.0892. The van der Waals surface area contributed by atoms with Gasteiger partial charge in [0.1, 0.15) is 0 Å². The average Bonchev–Trinajstić information content (AvgIpc) is 2.40. The smallest absolute Gasteiger partial charge is 0.255 e. The Balaban J connectivity index is 2.07. The Hall–Kier alpha value is -2.16. The fraction of sp³-hybridized carbons (Fsp3) is 0.250. The number of aromatic nitrogens is 1. The van der Waals surface area contributed by atoms with Gasteiger partial charge < -0.3 is 5.32 Å². The Bertz CT molecular complexity index is 561. The predicted molar refractivity (Wildman–Crippen MR) is 77.4 cm³/mol. The molecule has 19 heavy (non-hydrogen) atoms. The first kappa shape index (κ1) is 13.3. The summed E-state index contributed by atoms with van der Waals surface area (Å²) in [5.41, 5.74) is 3.60. The number of rotatable bonds is 4. The molecule has 0 bridgehead atoms. The van der Waals surface area contributed by atoms with E-state index in [0.29, 0.717) is 5.56 Å². The summed E-state index contributed by atoms with van der Waals surface area (Å²) in [6, 6.07) is 11.4. The molecular formula is C16H18N2O. The minimum Gasteiger partial charge on any atom is -0.322 e. The molecule has 98 valence electrons. The highest BCUT2D eigenvalue weighted by molar-refractivity contribution is 6.04. The number of amides is 1. The van der Waals surface area contributed by atoms with Gasteiger partial charge in [-0.2, -0.15) is 0 Å². The second kappa shape index (κ2) is 6.14. The van der Waals surface area contributed by atoms with E-state index in [1.807, 2.05) is 37.3 Å². The van der Waals surface area contributed by atoms with E-state index in [9.17, 15) is 4.79 Å². The number of nitrogens with one attached hydrogen (secondary N) is 1. The molecule has 3 nitrogen and oxygen atoms in total. The van der Waals surface area contributed by atoms with Gasteiger partial charge in [0.25, 0.3) is 5.91 Å². The minimum absolute atomic E-state index is 0.0892. The highest BCUT2D eigenvalue weighted by Gasteiger charge is 2.06. The summed E-state index contributed by atoms with van der Waals surface area (Å²) in [6.45, 7) is 4.04. The van der Waals surface area contributed by atoms with E-state index in [-0.39, 0.29) is 5.91 Å². The van der Waals surface area contributed by atoms with Crippen molar-refractivity contribution in [3.05, 3.63) is 59.4 Å². The number of hydrogen-bond donors (Lipinski definition) is 1. The fourth-order valence-corrected chi connectivity index (χ4v) is 1.94. The van der Waals surface area contributed by atoms with Crippen LogP contribution in [0.25, 0.3) is 0 Å². The molecule has 0 radical (unpaired) electrons. The second-order valence-electron chi connectivity index (χ2n) is 4.59. The average molecular weight is 254 g/mol. The lowest BCUT2D eigenvalue weighted by Crippen LogP contribution is -2.12. The number of carbonyl (C=O) groups is 1. The van der Waals surface area contributed by atoms with Gasteiger partial charge in [-0.25, -0.2) is 0 Å². The van der Waals surface area contributed by atoms with E-state index >= 15 is 0 Å². The van der Waals surface area contributed by atoms with Crippen LogP contribution in [-0.4, -0.2) is 10.9 Å². The van der Waals surface area contributed by atoms with Crippen LogP contribution >= 0.6 is 0 Å². The van der Waals surface area contributed by atoms with Gasteiger partial charge in [-0.05, 0) is 43.2 Å². The van der Waals surface area contributed by atoms with Gasteiger partial charge in [0.2, 0.25) is 0 Å². The molecule has 0 spiro atoms. The maximum atomic E-state index is 12.1. The van der Waals surface area contributed by atoms with Crippen LogP contribution in [0.4, 0.5) is 5.69 Å². The second-order valence-corrected chi connectivity index (χ2v) is 4.59. The monoisotopic (exact) mass is 254 g/mol. The molecule has 0 atom stereocenters. The minimum atomic E-state index is -0.0892. The van der Waals surface area contributed by atoms with Crippen molar-refractivity contribution in [2.24, 2.45) is 0 Å². The first-order valence-electron chi connectivity index (χ1n) is 6.52. The number of benzene rings is 1. The van der Waals surface area contributed by atoms with Gasteiger partial charge in [-0.1, -0.05) is 25.5 Å². The van der Waals surface area contributed by atoms with Crippen molar-refractivity contribution in [3.8, 4) is 0 Å². The van der Waals surface area contributed by atoms with Crippen LogP contribution in [0.2, 0.25) is 0 Å². The van der Waals surface area contributed by atoms with Crippen LogP contribution in [0.15, 0.2) is 42.6 Å². The number of hydrogen-bond acceptors (Lipinski definition) is 2. The first-order chi connectivity index (χ1) is 9.19. The Morgan fingerprint density at radius 2 is 1.95 bits per heavy atom. The summed E-state index contributed by atoms with van der Waals surface area (Å²) in [6.07, 6.45) is 3.85. The van der Waals surface area contributed by atoms with Gasteiger partial charge in [0.05, 0.1) is 0 Å². The molecule has 1 N–H and O–H groups in total. The Morgan fingerprint density at radius 1 is 1.21 bits per heavy atom. The maximum absolute atomic E-state index is 12.1. The lowest BCUT2D eigenvalue weighted by Gasteiger charge is -2.06. The zero-order valence-electron chi connectivity index (χ0n) is 11.3. The summed E-state index contributed by atoms with van der Waals surface area (Å²) in [4.78, 5) is 16.2. The maximum Gasteiger partial charge on any atom is 0.255 e. The molecule has 3 heteroatoms. The quantitative estimate of drug-likeness (QED) is 0.905. The molecule has 1 amide bonds. The lowest BCUT2D eigenvalue weighted by molar-refractivity contribution is 0.102. The van der Waals surface area contributed by atoms with Gasteiger partial charge in [0, 0.05) is 23.1 Å². The van der Waals surface area contributed by atoms with E-state index in [4.69, 9.17) is 0 Å². The molecule has 0 saturated carbocycles. The molecular weight excluding hydrogens is 236 g/mol. The molecule has 0 unspecified atom stereocenters. The molecule has 1 heterocycles. The summed E-state index contributed by atoms with van der Waals surface area (Å²) < 4.78 is 0. The zero-order chi connectivity index (χ0) is 13.7. The highest BCUT2D eigenvalue weighted by Crippen LogP contribution is 2.11. The van der Waals surface area contributed by atoms with Gasteiger partial charge >= 0.3 is 0 Å². The van der Waals surface area contributed by atoms with Crippen LogP contribution in [0.5, 0.6) is 0 Å². The van der Waals surface area contributed by atoms with E-state index in [1.165, 1.54) is 5.56 Å². The Kier molecular flexibility index (Phi) is 4.29. The number of aryl methyl sites for hydroxylation is 2. The van der Waals surface area contributed by atoms with Crippen molar-refractivity contribution in [2.45, 2.75) is 26.7 Å². The molecule has 0 aliphatic carbocycles. The van der Waals surface area contributed by atoms with Gasteiger partial charge in [-0.3, -0.25) is 9.78 Å². The third-order valence-corrected chi connectivity index (χ3v) is 2.91. The van der Waals surface area contributed by atoms with Crippen molar-refractivity contribution in [1.29, 1.82) is 0 Å². The molecule has 0 saturated heterocycles. The molecule has 1 aromatic carbocycles. The van der Waals surface area contributed by atoms with E-state index in [2.05, 4.69) is 17.2 Å². The Morgan fingerprint density at radius 3 is 2.58 bits per heavy atom. The lowest BCUT2D eigenvalue weighted by atomic mass is 10.1. The van der Waals surface area contributed by atoms with Crippen molar-refractivity contribution < 1.29 is 4.79 Å². The fourth-order valence-electron chi connectivity index (χ4n) is 1.94. The molecule has 0 fully saturated rings. The van der Waals surface area contributed by atoms with Crippen molar-refractivity contribution in [3.63, 3.8) is 0 Å². The van der Waals surface area contributed by atoms with Crippen LogP contribution in [0.3, 0.4) is 0 Å². The van der Waals surface area contributed by atoms with Crippen molar-refractivity contribution in [2.75, 3.05) is 5.32 Å².